The molecule has 1 heterocycles. The van der Waals surface area contributed by atoms with Crippen molar-refractivity contribution in [3.8, 4) is 0 Å². The van der Waals surface area contributed by atoms with Crippen LogP contribution < -0.4 is 5.32 Å². The van der Waals surface area contributed by atoms with E-state index < -0.39 is 0 Å². The van der Waals surface area contributed by atoms with E-state index in [1.807, 2.05) is 12.1 Å². The van der Waals surface area contributed by atoms with Crippen LogP contribution in [0.2, 0.25) is 0 Å². The fourth-order valence-corrected chi connectivity index (χ4v) is 2.57. The number of rotatable bonds is 6. The molecule has 1 N–H and O–H groups in total. The third kappa shape index (κ3) is 3.79. The standard InChI is InChI=1S/C15H23FN2/c1-2-8-17-10-13-7-9-18(11-13)12-14-5-3-4-6-15(14)16/h3-6,13,17H,2,7-12H2,1H3. The molecule has 0 radical (unpaired) electrons. The first-order valence-corrected chi connectivity index (χ1v) is 6.96. The van der Waals surface area contributed by atoms with Crippen LogP contribution in [0.3, 0.4) is 0 Å². The first kappa shape index (κ1) is 13.5. The lowest BCUT2D eigenvalue weighted by Crippen LogP contribution is -2.27. The predicted octanol–water partition coefficient (Wildman–Crippen LogP) is 2.65. The molecule has 1 saturated heterocycles. The molecular weight excluding hydrogens is 227 g/mol. The second-order valence-electron chi connectivity index (χ2n) is 5.19. The van der Waals surface area contributed by atoms with E-state index in [4.69, 9.17) is 0 Å². The van der Waals surface area contributed by atoms with Crippen molar-refractivity contribution in [1.29, 1.82) is 0 Å². The fourth-order valence-electron chi connectivity index (χ4n) is 2.57. The topological polar surface area (TPSA) is 15.3 Å². The molecule has 1 atom stereocenters. The van der Waals surface area contributed by atoms with Crippen LogP contribution >= 0.6 is 0 Å². The average Bonchev–Trinajstić information content (AvgIpc) is 2.80. The molecule has 1 unspecified atom stereocenters. The molecule has 0 aromatic heterocycles. The summed E-state index contributed by atoms with van der Waals surface area (Å²) in [6.45, 7) is 7.31. The van der Waals surface area contributed by atoms with Gasteiger partial charge in [0.1, 0.15) is 5.82 Å². The molecule has 0 spiro atoms. The molecule has 100 valence electrons. The second kappa shape index (κ2) is 6.86. The van der Waals surface area contributed by atoms with E-state index in [0.717, 1.165) is 44.2 Å². The third-order valence-electron chi connectivity index (χ3n) is 3.58. The Morgan fingerprint density at radius 3 is 3.00 bits per heavy atom. The Morgan fingerprint density at radius 1 is 1.39 bits per heavy atom. The molecule has 1 aromatic carbocycles. The van der Waals surface area contributed by atoms with E-state index in [-0.39, 0.29) is 5.82 Å². The third-order valence-corrected chi connectivity index (χ3v) is 3.58. The molecule has 2 nitrogen and oxygen atoms in total. The molecule has 0 saturated carbocycles. The van der Waals surface area contributed by atoms with Gasteiger partial charge >= 0.3 is 0 Å². The average molecular weight is 250 g/mol. The summed E-state index contributed by atoms with van der Waals surface area (Å²) in [4.78, 5) is 2.36. The van der Waals surface area contributed by atoms with Gasteiger partial charge in [-0.25, -0.2) is 4.39 Å². The quantitative estimate of drug-likeness (QED) is 0.781. The van der Waals surface area contributed by atoms with Crippen molar-refractivity contribution in [1.82, 2.24) is 10.2 Å². The number of hydrogen-bond acceptors (Lipinski definition) is 2. The molecule has 1 aliphatic heterocycles. The zero-order valence-electron chi connectivity index (χ0n) is 11.2. The zero-order chi connectivity index (χ0) is 12.8. The van der Waals surface area contributed by atoms with E-state index in [0.29, 0.717) is 0 Å². The number of halogens is 1. The van der Waals surface area contributed by atoms with Crippen LogP contribution in [0.4, 0.5) is 4.39 Å². The number of likely N-dealkylation sites (tertiary alicyclic amines) is 1. The lowest BCUT2D eigenvalue weighted by Gasteiger charge is -2.16. The first-order chi connectivity index (χ1) is 8.79. The number of benzene rings is 1. The van der Waals surface area contributed by atoms with Gasteiger partial charge in [0.2, 0.25) is 0 Å². The maximum atomic E-state index is 13.5. The van der Waals surface area contributed by atoms with Crippen molar-refractivity contribution in [2.45, 2.75) is 26.3 Å². The number of hydrogen-bond donors (Lipinski definition) is 1. The first-order valence-electron chi connectivity index (χ1n) is 6.96. The van der Waals surface area contributed by atoms with Crippen LogP contribution in [0.1, 0.15) is 25.3 Å². The Bertz CT molecular complexity index is 367. The molecule has 1 fully saturated rings. The lowest BCUT2D eigenvalue weighted by molar-refractivity contribution is 0.309. The van der Waals surface area contributed by atoms with Gasteiger partial charge in [-0.05, 0) is 44.5 Å². The normalized spacial score (nSPS) is 20.4. The maximum Gasteiger partial charge on any atom is 0.127 e. The molecule has 1 aliphatic rings. The van der Waals surface area contributed by atoms with Crippen LogP contribution in [0.15, 0.2) is 24.3 Å². The van der Waals surface area contributed by atoms with E-state index in [1.165, 1.54) is 12.8 Å². The van der Waals surface area contributed by atoms with Gasteiger partial charge in [0.05, 0.1) is 0 Å². The summed E-state index contributed by atoms with van der Waals surface area (Å²) in [5.41, 5.74) is 0.819. The Hall–Kier alpha value is -0.930. The predicted molar refractivity (Wildman–Crippen MR) is 72.9 cm³/mol. The monoisotopic (exact) mass is 250 g/mol. The Balaban J connectivity index is 1.77. The highest BCUT2D eigenvalue weighted by molar-refractivity contribution is 5.17. The van der Waals surface area contributed by atoms with Gasteiger partial charge < -0.3 is 5.32 Å². The summed E-state index contributed by atoms with van der Waals surface area (Å²) in [5, 5.41) is 3.47. The van der Waals surface area contributed by atoms with Crippen molar-refractivity contribution in [3.63, 3.8) is 0 Å². The van der Waals surface area contributed by atoms with Crippen molar-refractivity contribution in [3.05, 3.63) is 35.6 Å². The molecule has 0 aliphatic carbocycles. The van der Waals surface area contributed by atoms with E-state index in [1.54, 1.807) is 12.1 Å². The minimum Gasteiger partial charge on any atom is -0.316 e. The second-order valence-corrected chi connectivity index (χ2v) is 5.19. The van der Waals surface area contributed by atoms with Crippen LogP contribution in [0, 0.1) is 11.7 Å². The number of nitrogens with one attached hydrogen (secondary N) is 1. The molecule has 18 heavy (non-hydrogen) atoms. The Morgan fingerprint density at radius 2 is 2.22 bits per heavy atom. The van der Waals surface area contributed by atoms with Crippen LogP contribution in [-0.4, -0.2) is 31.1 Å². The van der Waals surface area contributed by atoms with Crippen LogP contribution in [0.5, 0.6) is 0 Å². The summed E-state index contributed by atoms with van der Waals surface area (Å²) in [6.07, 6.45) is 2.41. The van der Waals surface area contributed by atoms with Gasteiger partial charge in [0, 0.05) is 18.7 Å². The summed E-state index contributed by atoms with van der Waals surface area (Å²) < 4.78 is 13.5. The van der Waals surface area contributed by atoms with Gasteiger partial charge in [0.25, 0.3) is 0 Å². The molecular formula is C15H23FN2. The minimum absolute atomic E-state index is 0.0787. The van der Waals surface area contributed by atoms with Crippen molar-refractivity contribution in [2.75, 3.05) is 26.2 Å². The molecule has 3 heteroatoms. The van der Waals surface area contributed by atoms with Crippen LogP contribution in [-0.2, 0) is 6.54 Å². The SMILES string of the molecule is CCCNCC1CCN(Cc2ccccc2F)C1. The van der Waals surface area contributed by atoms with Crippen LogP contribution in [0.25, 0.3) is 0 Å². The zero-order valence-corrected chi connectivity index (χ0v) is 11.2. The lowest BCUT2D eigenvalue weighted by atomic mass is 10.1. The van der Waals surface area contributed by atoms with Crippen molar-refractivity contribution >= 4 is 0 Å². The number of nitrogens with zero attached hydrogens (tertiary/aromatic N) is 1. The fraction of sp³-hybridized carbons (Fsp3) is 0.600. The van der Waals surface area contributed by atoms with Gasteiger partial charge in [0.15, 0.2) is 0 Å². The summed E-state index contributed by atoms with van der Waals surface area (Å²) >= 11 is 0. The summed E-state index contributed by atoms with van der Waals surface area (Å²) in [5.74, 6) is 0.647. The van der Waals surface area contributed by atoms with E-state index in [9.17, 15) is 4.39 Å². The van der Waals surface area contributed by atoms with Gasteiger partial charge in [-0.1, -0.05) is 25.1 Å². The molecule has 1 aromatic rings. The maximum absolute atomic E-state index is 13.5. The summed E-state index contributed by atoms with van der Waals surface area (Å²) in [7, 11) is 0. The Kier molecular flexibility index (Phi) is 5.14. The van der Waals surface area contributed by atoms with Gasteiger partial charge in [-0.15, -0.1) is 0 Å². The largest absolute Gasteiger partial charge is 0.316 e. The highest BCUT2D eigenvalue weighted by Crippen LogP contribution is 2.19. The van der Waals surface area contributed by atoms with Gasteiger partial charge in [-0.2, -0.15) is 0 Å². The highest BCUT2D eigenvalue weighted by Gasteiger charge is 2.22. The van der Waals surface area contributed by atoms with E-state index in [2.05, 4.69) is 17.1 Å². The molecule has 0 bridgehead atoms. The van der Waals surface area contributed by atoms with Crippen molar-refractivity contribution < 1.29 is 4.39 Å². The Labute approximate surface area is 109 Å². The van der Waals surface area contributed by atoms with Gasteiger partial charge in [-0.3, -0.25) is 4.90 Å². The van der Waals surface area contributed by atoms with Crippen molar-refractivity contribution in [2.24, 2.45) is 5.92 Å². The van der Waals surface area contributed by atoms with E-state index >= 15 is 0 Å². The molecule has 2 rings (SSSR count). The highest BCUT2D eigenvalue weighted by atomic mass is 19.1. The summed E-state index contributed by atoms with van der Waals surface area (Å²) in [6, 6.07) is 7.10. The smallest absolute Gasteiger partial charge is 0.127 e. The molecule has 0 amide bonds. The minimum atomic E-state index is -0.0787.